The molecule has 0 saturated carbocycles. The molecule has 0 radical (unpaired) electrons. The number of halogens is 2. The van der Waals surface area contributed by atoms with Crippen LogP contribution in [0.1, 0.15) is 34.1 Å². The first-order valence-electron chi connectivity index (χ1n) is 10.7. The number of nitrogens with zero attached hydrogens (tertiary/aromatic N) is 2. The lowest BCUT2D eigenvalue weighted by molar-refractivity contribution is -0.137. The topological polar surface area (TPSA) is 185 Å². The Labute approximate surface area is 215 Å². The van der Waals surface area contributed by atoms with Gasteiger partial charge in [-0.1, -0.05) is 23.2 Å². The molecule has 0 saturated heterocycles. The van der Waals surface area contributed by atoms with Crippen molar-refractivity contribution < 1.29 is 29.7 Å². The van der Waals surface area contributed by atoms with Crippen molar-refractivity contribution in [1.29, 1.82) is 0 Å². The SMILES string of the molecule is Cc1ncc(C(=O)NCC(=O)N[C@@H](CC(=O)O)c2cc(Cl)cc(Cl)c2O)cc1NC1=NCC(O)CN1. The molecule has 0 fully saturated rings. The van der Waals surface area contributed by atoms with Crippen LogP contribution in [0.5, 0.6) is 5.75 Å². The number of phenolic OH excluding ortho intramolecular Hbond substituents is 1. The second kappa shape index (κ2) is 11.9. The van der Waals surface area contributed by atoms with Crippen molar-refractivity contribution in [2.75, 3.05) is 25.0 Å². The Morgan fingerprint density at radius 2 is 2.00 bits per heavy atom. The van der Waals surface area contributed by atoms with Gasteiger partial charge in [0.1, 0.15) is 5.75 Å². The lowest BCUT2D eigenvalue weighted by atomic mass is 10.0. The van der Waals surface area contributed by atoms with Crippen LogP contribution in [0.25, 0.3) is 0 Å². The van der Waals surface area contributed by atoms with Crippen LogP contribution in [0, 0.1) is 6.92 Å². The summed E-state index contributed by atoms with van der Waals surface area (Å²) in [7, 11) is 0. The first-order chi connectivity index (χ1) is 17.0. The largest absolute Gasteiger partial charge is 0.506 e. The molecule has 2 amide bonds. The zero-order valence-electron chi connectivity index (χ0n) is 19.0. The highest BCUT2D eigenvalue weighted by molar-refractivity contribution is 6.35. The average molecular weight is 539 g/mol. The van der Waals surface area contributed by atoms with Crippen LogP contribution >= 0.6 is 23.2 Å². The average Bonchev–Trinajstić information content (AvgIpc) is 2.82. The fourth-order valence-corrected chi connectivity index (χ4v) is 3.81. The number of rotatable bonds is 8. The summed E-state index contributed by atoms with van der Waals surface area (Å²) in [4.78, 5) is 44.8. The third-order valence-electron chi connectivity index (χ3n) is 5.12. The van der Waals surface area contributed by atoms with Gasteiger partial charge in [0.2, 0.25) is 5.91 Å². The molecule has 3 rings (SSSR count). The van der Waals surface area contributed by atoms with Crippen molar-refractivity contribution in [3.05, 3.63) is 51.3 Å². The number of aliphatic carboxylic acids is 1. The van der Waals surface area contributed by atoms with Gasteiger partial charge in [-0.05, 0) is 25.1 Å². The Bertz CT molecular complexity index is 1210. The van der Waals surface area contributed by atoms with Crippen LogP contribution in [0.2, 0.25) is 10.0 Å². The Morgan fingerprint density at radius 1 is 1.25 bits per heavy atom. The number of aromatic hydroxyl groups is 1. The summed E-state index contributed by atoms with van der Waals surface area (Å²) in [6.45, 7) is 1.82. The second-order valence-corrected chi connectivity index (χ2v) is 8.78. The van der Waals surface area contributed by atoms with E-state index in [0.717, 1.165) is 0 Å². The minimum Gasteiger partial charge on any atom is -0.506 e. The Kier molecular flexibility index (Phi) is 8.91. The normalized spacial score (nSPS) is 15.8. The molecule has 2 heterocycles. The zero-order chi connectivity index (χ0) is 26.4. The number of carboxylic acids is 1. The number of carbonyl (C=O) groups excluding carboxylic acids is 2. The number of anilines is 1. The van der Waals surface area contributed by atoms with Crippen LogP contribution < -0.4 is 21.3 Å². The number of guanidine groups is 1. The summed E-state index contributed by atoms with van der Waals surface area (Å²) < 4.78 is 0. The number of hydrogen-bond acceptors (Lipinski definition) is 9. The predicted molar refractivity (Wildman–Crippen MR) is 133 cm³/mol. The maximum absolute atomic E-state index is 12.6. The number of phenols is 1. The number of pyridine rings is 1. The Morgan fingerprint density at radius 3 is 2.67 bits per heavy atom. The number of benzene rings is 1. The van der Waals surface area contributed by atoms with Crippen molar-refractivity contribution in [1.82, 2.24) is 20.9 Å². The molecule has 12 nitrogen and oxygen atoms in total. The number of β-amino-alcohol motifs (C(OH)–C–C–N with tert-alkyl or cyclic N) is 1. The number of aromatic nitrogens is 1. The van der Waals surface area contributed by atoms with Gasteiger partial charge in [-0.25, -0.2) is 0 Å². The van der Waals surface area contributed by atoms with Crippen molar-refractivity contribution in [2.24, 2.45) is 4.99 Å². The maximum atomic E-state index is 12.6. The minimum absolute atomic E-state index is 0.0276. The monoisotopic (exact) mass is 538 g/mol. The van der Waals surface area contributed by atoms with E-state index < -0.39 is 48.6 Å². The van der Waals surface area contributed by atoms with E-state index in [1.165, 1.54) is 24.4 Å². The van der Waals surface area contributed by atoms with Gasteiger partial charge in [0.25, 0.3) is 5.91 Å². The molecular weight excluding hydrogens is 515 g/mol. The molecule has 1 aliphatic heterocycles. The van der Waals surface area contributed by atoms with E-state index in [-0.39, 0.29) is 27.7 Å². The quantitative estimate of drug-likeness (QED) is 0.259. The van der Waals surface area contributed by atoms with Crippen molar-refractivity contribution in [3.8, 4) is 5.75 Å². The molecule has 36 heavy (non-hydrogen) atoms. The van der Waals surface area contributed by atoms with E-state index in [1.54, 1.807) is 6.92 Å². The van der Waals surface area contributed by atoms with Crippen LogP contribution in [-0.4, -0.2) is 69.8 Å². The first-order valence-corrected chi connectivity index (χ1v) is 11.5. The number of aliphatic imine (C=N–C) groups is 1. The summed E-state index contributed by atoms with van der Waals surface area (Å²) in [5.74, 6) is -2.52. The predicted octanol–water partition coefficient (Wildman–Crippen LogP) is 1.20. The van der Waals surface area contributed by atoms with Crippen molar-refractivity contribution in [2.45, 2.75) is 25.5 Å². The standard InChI is InChI=1S/C22H24Cl2N6O6/c1-10-16(30-22-27-7-13(31)8-28-22)2-11(6-25-10)21(36)26-9-18(32)29-17(5-19(33)34)14-3-12(23)4-15(24)20(14)35/h2-4,6,13,17,31,35H,5,7-9H2,1H3,(H,26,36)(H,29,32)(H,33,34)(H2,27,28,30)/t17-/m0/s1. The third-order valence-corrected chi connectivity index (χ3v) is 5.63. The Balaban J connectivity index is 1.65. The number of carbonyl (C=O) groups is 3. The molecule has 192 valence electrons. The summed E-state index contributed by atoms with van der Waals surface area (Å²) in [6, 6.07) is 2.96. The fourth-order valence-electron chi connectivity index (χ4n) is 3.30. The van der Waals surface area contributed by atoms with Crippen LogP contribution in [0.3, 0.4) is 0 Å². The first kappa shape index (κ1) is 27.0. The highest BCUT2D eigenvalue weighted by Gasteiger charge is 2.23. The number of carboxylic acid groups (broad SMARTS) is 1. The second-order valence-electron chi connectivity index (χ2n) is 7.93. The molecule has 0 spiro atoms. The molecule has 0 aliphatic carbocycles. The highest BCUT2D eigenvalue weighted by atomic mass is 35.5. The third kappa shape index (κ3) is 7.20. The number of aliphatic hydroxyl groups excluding tert-OH is 1. The summed E-state index contributed by atoms with van der Waals surface area (Å²) >= 11 is 11.9. The van der Waals surface area contributed by atoms with Gasteiger partial charge in [0.05, 0.1) is 53.6 Å². The Hall–Kier alpha value is -3.61. The summed E-state index contributed by atoms with van der Waals surface area (Å²) in [5, 5.41) is 39.8. The van der Waals surface area contributed by atoms with Gasteiger partial charge in [0, 0.05) is 23.3 Å². The summed E-state index contributed by atoms with van der Waals surface area (Å²) in [5.41, 5.74) is 1.29. The van der Waals surface area contributed by atoms with Crippen molar-refractivity contribution >= 4 is 52.6 Å². The summed E-state index contributed by atoms with van der Waals surface area (Å²) in [6.07, 6.45) is 0.204. The number of hydrogen-bond donors (Lipinski definition) is 7. The lowest BCUT2D eigenvalue weighted by Gasteiger charge is -2.21. The van der Waals surface area contributed by atoms with Gasteiger partial charge >= 0.3 is 5.97 Å². The smallest absolute Gasteiger partial charge is 0.305 e. The van der Waals surface area contributed by atoms with E-state index in [0.29, 0.717) is 23.9 Å². The number of aliphatic hydroxyl groups is 1. The van der Waals surface area contributed by atoms with Gasteiger partial charge in [0.15, 0.2) is 5.96 Å². The molecule has 1 aromatic heterocycles. The van der Waals surface area contributed by atoms with E-state index in [9.17, 15) is 29.7 Å². The number of amides is 2. The van der Waals surface area contributed by atoms with Crippen molar-refractivity contribution in [3.63, 3.8) is 0 Å². The number of aryl methyl sites for hydroxylation is 1. The van der Waals surface area contributed by atoms with Gasteiger partial charge in [-0.2, -0.15) is 0 Å². The van der Waals surface area contributed by atoms with E-state index >= 15 is 0 Å². The maximum Gasteiger partial charge on any atom is 0.305 e. The molecule has 0 bridgehead atoms. The molecule has 1 unspecified atom stereocenters. The van der Waals surface area contributed by atoms with E-state index in [4.69, 9.17) is 23.2 Å². The molecule has 2 aromatic rings. The lowest BCUT2D eigenvalue weighted by Crippen LogP contribution is -2.42. The van der Waals surface area contributed by atoms with E-state index in [1.807, 2.05) is 0 Å². The number of nitrogens with one attached hydrogen (secondary N) is 4. The van der Waals surface area contributed by atoms with Crippen LogP contribution in [0.4, 0.5) is 5.69 Å². The zero-order valence-corrected chi connectivity index (χ0v) is 20.5. The molecule has 7 N–H and O–H groups in total. The molecule has 2 atom stereocenters. The van der Waals surface area contributed by atoms with E-state index in [2.05, 4.69) is 31.2 Å². The van der Waals surface area contributed by atoms with Gasteiger partial charge in [-0.15, -0.1) is 0 Å². The van der Waals surface area contributed by atoms with Gasteiger partial charge < -0.3 is 36.6 Å². The molecule has 1 aliphatic rings. The van der Waals surface area contributed by atoms with Crippen LogP contribution in [-0.2, 0) is 9.59 Å². The van der Waals surface area contributed by atoms with Gasteiger partial charge in [-0.3, -0.25) is 24.4 Å². The molecule has 1 aromatic carbocycles. The molecule has 14 heteroatoms. The molecular formula is C22H24Cl2N6O6. The minimum atomic E-state index is -1.24. The van der Waals surface area contributed by atoms with Crippen LogP contribution in [0.15, 0.2) is 29.4 Å². The highest BCUT2D eigenvalue weighted by Crippen LogP contribution is 2.36. The fraction of sp³-hybridized carbons (Fsp3) is 0.318.